The van der Waals surface area contributed by atoms with Crippen LogP contribution in [-0.4, -0.2) is 25.2 Å². The van der Waals surface area contributed by atoms with Crippen molar-refractivity contribution in [3.05, 3.63) is 53.7 Å². The van der Waals surface area contributed by atoms with E-state index < -0.39 is 0 Å². The van der Waals surface area contributed by atoms with E-state index in [0.717, 1.165) is 36.7 Å². The molecule has 114 valence electrons. The topological polar surface area (TPSA) is 47.3 Å². The Morgan fingerprint density at radius 2 is 2.00 bits per heavy atom. The van der Waals surface area contributed by atoms with Gasteiger partial charge in [-0.2, -0.15) is 0 Å². The number of nitrogens with zero attached hydrogens (tertiary/aromatic N) is 1. The predicted octanol–water partition coefficient (Wildman–Crippen LogP) is 3.20. The van der Waals surface area contributed by atoms with E-state index in [1.54, 1.807) is 13.3 Å². The standard InChI is InChI=1S/C17H24N2O2/c1-13(2)11-18-10-9-16-19-12-15(21-16)17(20-3)14-7-5-4-6-8-14/h4-8,12-13,17-18H,9-11H2,1-3H3. The zero-order valence-electron chi connectivity index (χ0n) is 13.0. The molecule has 1 atom stereocenters. The summed E-state index contributed by atoms with van der Waals surface area (Å²) in [5.41, 5.74) is 1.07. The third kappa shape index (κ3) is 4.69. The summed E-state index contributed by atoms with van der Waals surface area (Å²) in [5, 5.41) is 3.39. The molecule has 21 heavy (non-hydrogen) atoms. The van der Waals surface area contributed by atoms with Gasteiger partial charge in [-0.1, -0.05) is 44.2 Å². The predicted molar refractivity (Wildman–Crippen MR) is 83.2 cm³/mol. The summed E-state index contributed by atoms with van der Waals surface area (Å²) < 4.78 is 11.4. The molecular weight excluding hydrogens is 264 g/mol. The lowest BCUT2D eigenvalue weighted by Crippen LogP contribution is -2.22. The largest absolute Gasteiger partial charge is 0.443 e. The van der Waals surface area contributed by atoms with E-state index in [2.05, 4.69) is 24.1 Å². The molecule has 0 radical (unpaired) electrons. The average Bonchev–Trinajstić information content (AvgIpc) is 2.94. The van der Waals surface area contributed by atoms with Crippen LogP contribution in [-0.2, 0) is 11.2 Å². The van der Waals surface area contributed by atoms with E-state index in [1.807, 2.05) is 30.3 Å². The highest BCUT2D eigenvalue weighted by Gasteiger charge is 2.17. The van der Waals surface area contributed by atoms with Crippen molar-refractivity contribution in [2.45, 2.75) is 26.4 Å². The summed E-state index contributed by atoms with van der Waals surface area (Å²) in [7, 11) is 1.68. The molecule has 1 unspecified atom stereocenters. The van der Waals surface area contributed by atoms with Gasteiger partial charge in [0.25, 0.3) is 0 Å². The second kappa shape index (κ2) is 7.96. The van der Waals surface area contributed by atoms with Gasteiger partial charge in [-0.3, -0.25) is 0 Å². The Morgan fingerprint density at radius 3 is 2.67 bits per heavy atom. The fourth-order valence-corrected chi connectivity index (χ4v) is 2.19. The van der Waals surface area contributed by atoms with Crippen molar-refractivity contribution in [2.24, 2.45) is 5.92 Å². The lowest BCUT2D eigenvalue weighted by Gasteiger charge is -2.12. The minimum absolute atomic E-state index is 0.198. The molecule has 1 aromatic heterocycles. The molecule has 0 amide bonds. The van der Waals surface area contributed by atoms with Gasteiger partial charge in [-0.05, 0) is 18.0 Å². The normalized spacial score (nSPS) is 12.8. The summed E-state index contributed by atoms with van der Waals surface area (Å²) in [6.45, 7) is 6.28. The van der Waals surface area contributed by atoms with Crippen LogP contribution in [0.25, 0.3) is 0 Å². The van der Waals surface area contributed by atoms with Gasteiger partial charge in [0.2, 0.25) is 0 Å². The number of aromatic nitrogens is 1. The minimum atomic E-state index is -0.198. The quantitative estimate of drug-likeness (QED) is 0.758. The van der Waals surface area contributed by atoms with Crippen molar-refractivity contribution < 1.29 is 9.15 Å². The van der Waals surface area contributed by atoms with E-state index in [-0.39, 0.29) is 6.10 Å². The van der Waals surface area contributed by atoms with E-state index in [1.165, 1.54) is 0 Å². The Balaban J connectivity index is 1.95. The fraction of sp³-hybridized carbons (Fsp3) is 0.471. The Hall–Kier alpha value is -1.65. The molecular formula is C17H24N2O2. The maximum atomic E-state index is 5.82. The number of hydrogen-bond donors (Lipinski definition) is 1. The number of hydrogen-bond acceptors (Lipinski definition) is 4. The third-order valence-electron chi connectivity index (χ3n) is 3.24. The van der Waals surface area contributed by atoms with Gasteiger partial charge >= 0.3 is 0 Å². The van der Waals surface area contributed by atoms with E-state index in [4.69, 9.17) is 9.15 Å². The summed E-state index contributed by atoms with van der Waals surface area (Å²) in [6.07, 6.45) is 2.35. The molecule has 4 heteroatoms. The van der Waals surface area contributed by atoms with Crippen LogP contribution in [0, 0.1) is 5.92 Å². The highest BCUT2D eigenvalue weighted by Crippen LogP contribution is 2.25. The number of nitrogens with one attached hydrogen (secondary N) is 1. The van der Waals surface area contributed by atoms with Crippen molar-refractivity contribution in [3.63, 3.8) is 0 Å². The van der Waals surface area contributed by atoms with Gasteiger partial charge in [0.05, 0.1) is 6.20 Å². The molecule has 2 rings (SSSR count). The van der Waals surface area contributed by atoms with Gasteiger partial charge in [0, 0.05) is 20.1 Å². The van der Waals surface area contributed by atoms with Gasteiger partial charge in [0.15, 0.2) is 11.7 Å². The van der Waals surface area contributed by atoms with Crippen molar-refractivity contribution in [2.75, 3.05) is 20.2 Å². The molecule has 0 spiro atoms. The Morgan fingerprint density at radius 1 is 1.24 bits per heavy atom. The monoisotopic (exact) mass is 288 g/mol. The van der Waals surface area contributed by atoms with Crippen molar-refractivity contribution in [3.8, 4) is 0 Å². The molecule has 1 N–H and O–H groups in total. The summed E-state index contributed by atoms with van der Waals surface area (Å²) in [4.78, 5) is 4.34. The van der Waals surface area contributed by atoms with E-state index in [9.17, 15) is 0 Å². The zero-order chi connectivity index (χ0) is 15.1. The van der Waals surface area contributed by atoms with Crippen LogP contribution >= 0.6 is 0 Å². The maximum absolute atomic E-state index is 5.82. The Labute approximate surface area is 126 Å². The number of oxazole rings is 1. The molecule has 0 aliphatic rings. The smallest absolute Gasteiger partial charge is 0.195 e. The Bertz CT molecular complexity index is 523. The van der Waals surface area contributed by atoms with Gasteiger partial charge in [0.1, 0.15) is 6.10 Å². The van der Waals surface area contributed by atoms with Crippen molar-refractivity contribution in [1.29, 1.82) is 0 Å². The van der Waals surface area contributed by atoms with Crippen molar-refractivity contribution in [1.82, 2.24) is 10.3 Å². The fourth-order valence-electron chi connectivity index (χ4n) is 2.19. The first kappa shape index (κ1) is 15.7. The van der Waals surface area contributed by atoms with Gasteiger partial charge in [-0.15, -0.1) is 0 Å². The van der Waals surface area contributed by atoms with Gasteiger partial charge < -0.3 is 14.5 Å². The summed E-state index contributed by atoms with van der Waals surface area (Å²) in [6, 6.07) is 10.0. The van der Waals surface area contributed by atoms with Crippen molar-refractivity contribution >= 4 is 0 Å². The number of methoxy groups -OCH3 is 1. The van der Waals surface area contributed by atoms with Crippen LogP contribution in [0.1, 0.15) is 37.2 Å². The lowest BCUT2D eigenvalue weighted by atomic mass is 10.1. The van der Waals surface area contributed by atoms with Crippen LogP contribution in [0.15, 0.2) is 40.9 Å². The molecule has 2 aromatic rings. The highest BCUT2D eigenvalue weighted by molar-refractivity contribution is 5.23. The molecule has 1 heterocycles. The maximum Gasteiger partial charge on any atom is 0.195 e. The van der Waals surface area contributed by atoms with Crippen LogP contribution < -0.4 is 5.32 Å². The second-order valence-electron chi connectivity index (χ2n) is 5.53. The molecule has 0 aliphatic heterocycles. The van der Waals surface area contributed by atoms with Crippen LogP contribution in [0.5, 0.6) is 0 Å². The van der Waals surface area contributed by atoms with Gasteiger partial charge in [-0.25, -0.2) is 4.98 Å². The molecule has 0 bridgehead atoms. The second-order valence-corrected chi connectivity index (χ2v) is 5.53. The Kier molecular flexibility index (Phi) is 5.96. The van der Waals surface area contributed by atoms with E-state index in [0.29, 0.717) is 5.92 Å². The summed E-state index contributed by atoms with van der Waals surface area (Å²) in [5.74, 6) is 2.16. The minimum Gasteiger partial charge on any atom is -0.443 e. The SMILES string of the molecule is COC(c1ccccc1)c1cnc(CCNCC(C)C)o1. The molecule has 0 fully saturated rings. The first-order valence-corrected chi connectivity index (χ1v) is 7.43. The number of ether oxygens (including phenoxy) is 1. The lowest BCUT2D eigenvalue weighted by molar-refractivity contribution is 0.115. The van der Waals surface area contributed by atoms with E-state index >= 15 is 0 Å². The van der Waals surface area contributed by atoms with Crippen LogP contribution in [0.3, 0.4) is 0 Å². The first-order valence-electron chi connectivity index (χ1n) is 7.43. The first-order chi connectivity index (χ1) is 10.2. The zero-order valence-corrected chi connectivity index (χ0v) is 13.0. The van der Waals surface area contributed by atoms with Crippen LogP contribution in [0.4, 0.5) is 0 Å². The highest BCUT2D eigenvalue weighted by atomic mass is 16.5. The number of benzene rings is 1. The van der Waals surface area contributed by atoms with Crippen LogP contribution in [0.2, 0.25) is 0 Å². The number of rotatable bonds is 8. The summed E-state index contributed by atoms with van der Waals surface area (Å²) >= 11 is 0. The molecule has 1 aromatic carbocycles. The molecule has 4 nitrogen and oxygen atoms in total. The average molecular weight is 288 g/mol. The molecule has 0 saturated carbocycles. The molecule has 0 aliphatic carbocycles. The third-order valence-corrected chi connectivity index (χ3v) is 3.24. The molecule has 0 saturated heterocycles.